The second kappa shape index (κ2) is 5.95. The molecule has 0 radical (unpaired) electrons. The lowest BCUT2D eigenvalue weighted by molar-refractivity contribution is -0.136. The number of ketones is 1. The van der Waals surface area contributed by atoms with Crippen molar-refractivity contribution in [2.45, 2.75) is 46.1 Å². The molecule has 1 aromatic carbocycles. The summed E-state index contributed by atoms with van der Waals surface area (Å²) >= 11 is 0. The molecular weight excluding hydrogens is 278 g/mol. The summed E-state index contributed by atoms with van der Waals surface area (Å²) in [6, 6.07) is 5.25. The Morgan fingerprint density at radius 3 is 2.41 bits per heavy atom. The van der Waals surface area contributed by atoms with Crippen LogP contribution in [0, 0.1) is 0 Å². The van der Waals surface area contributed by atoms with Crippen LogP contribution in [0.2, 0.25) is 0 Å². The van der Waals surface area contributed by atoms with Crippen LogP contribution >= 0.6 is 0 Å². The molecule has 22 heavy (non-hydrogen) atoms. The van der Waals surface area contributed by atoms with Crippen LogP contribution in [0.25, 0.3) is 0 Å². The Hall–Kier alpha value is -2.10. The Balaban J connectivity index is 2.59. The van der Waals surface area contributed by atoms with E-state index in [0.717, 1.165) is 5.57 Å². The van der Waals surface area contributed by atoms with Gasteiger partial charge in [-0.1, -0.05) is 26.0 Å². The van der Waals surface area contributed by atoms with Crippen molar-refractivity contribution in [1.82, 2.24) is 0 Å². The third-order valence-corrected chi connectivity index (χ3v) is 4.17. The number of amides is 1. The van der Waals surface area contributed by atoms with Crippen molar-refractivity contribution in [2.24, 2.45) is 0 Å². The van der Waals surface area contributed by atoms with Crippen LogP contribution in [-0.4, -0.2) is 23.8 Å². The highest BCUT2D eigenvalue weighted by molar-refractivity contribution is 6.05. The van der Waals surface area contributed by atoms with Crippen LogP contribution in [0.4, 0.5) is 5.69 Å². The highest BCUT2D eigenvalue weighted by Crippen LogP contribution is 2.41. The summed E-state index contributed by atoms with van der Waals surface area (Å²) in [5.74, 6) is 0.552. The van der Waals surface area contributed by atoms with Crippen molar-refractivity contribution in [2.75, 3.05) is 11.4 Å². The van der Waals surface area contributed by atoms with Crippen LogP contribution in [0.5, 0.6) is 5.75 Å². The van der Waals surface area contributed by atoms with E-state index >= 15 is 0 Å². The molecule has 0 spiro atoms. The van der Waals surface area contributed by atoms with E-state index in [2.05, 4.69) is 6.58 Å². The Morgan fingerprint density at radius 1 is 1.27 bits per heavy atom. The van der Waals surface area contributed by atoms with Crippen molar-refractivity contribution in [1.29, 1.82) is 0 Å². The number of carbonyl (C=O) groups excluding carboxylic acids is 2. The van der Waals surface area contributed by atoms with Gasteiger partial charge in [-0.05, 0) is 44.9 Å². The molecule has 1 aliphatic heterocycles. The molecule has 0 saturated carbocycles. The number of hydrogen-bond acceptors (Lipinski definition) is 3. The van der Waals surface area contributed by atoms with Crippen molar-refractivity contribution in [3.63, 3.8) is 0 Å². The molecule has 0 fully saturated rings. The zero-order valence-electron chi connectivity index (χ0n) is 13.7. The fraction of sp³-hybridized carbons (Fsp3) is 0.444. The van der Waals surface area contributed by atoms with Gasteiger partial charge >= 0.3 is 0 Å². The summed E-state index contributed by atoms with van der Waals surface area (Å²) in [4.78, 5) is 26.3. The van der Waals surface area contributed by atoms with Crippen LogP contribution in [0.1, 0.15) is 50.9 Å². The highest BCUT2D eigenvalue weighted by atomic mass is 16.5. The zero-order chi connectivity index (χ0) is 16.5. The number of Topliss-reactive ketones (excluding diaryl/α,β-unsaturated/α-hetero) is 1. The van der Waals surface area contributed by atoms with Gasteiger partial charge in [0.1, 0.15) is 5.75 Å². The van der Waals surface area contributed by atoms with Gasteiger partial charge in [0, 0.05) is 12.1 Å². The first kappa shape index (κ1) is 16.3. The van der Waals surface area contributed by atoms with Crippen LogP contribution in [-0.2, 0) is 4.79 Å². The van der Waals surface area contributed by atoms with Gasteiger partial charge in [-0.2, -0.15) is 0 Å². The van der Waals surface area contributed by atoms with Crippen LogP contribution in [0.15, 0.2) is 30.4 Å². The lowest BCUT2D eigenvalue weighted by Gasteiger charge is -2.42. The average Bonchev–Trinajstić information content (AvgIpc) is 2.49. The molecule has 1 amide bonds. The molecule has 4 heteroatoms. The smallest absolute Gasteiger partial charge is 0.271 e. The molecular formula is C18H23NO3. The molecule has 1 aromatic rings. The molecule has 0 unspecified atom stereocenters. The number of anilines is 1. The molecule has 0 saturated heterocycles. The monoisotopic (exact) mass is 301 g/mol. The number of carbonyl (C=O) groups is 2. The maximum Gasteiger partial charge on any atom is 0.271 e. The number of hydrogen-bond donors (Lipinski definition) is 0. The highest BCUT2D eigenvalue weighted by Gasteiger charge is 2.45. The topological polar surface area (TPSA) is 46.6 Å². The van der Waals surface area contributed by atoms with Crippen LogP contribution < -0.4 is 9.64 Å². The summed E-state index contributed by atoms with van der Waals surface area (Å²) in [6.07, 6.45) is 1.20. The predicted molar refractivity (Wildman–Crippen MR) is 87.6 cm³/mol. The molecule has 0 aromatic heterocycles. The number of ether oxygens (including phenoxy) is 1. The minimum Gasteiger partial charge on any atom is -0.475 e. The van der Waals surface area contributed by atoms with E-state index in [0.29, 0.717) is 36.4 Å². The van der Waals surface area contributed by atoms with E-state index in [1.807, 2.05) is 20.8 Å². The Labute approximate surface area is 131 Å². The lowest BCUT2D eigenvalue weighted by Crippen LogP contribution is -2.56. The molecule has 0 atom stereocenters. The molecule has 118 valence electrons. The van der Waals surface area contributed by atoms with Crippen molar-refractivity contribution in [3.05, 3.63) is 35.9 Å². The summed E-state index contributed by atoms with van der Waals surface area (Å²) < 4.78 is 6.04. The van der Waals surface area contributed by atoms with Gasteiger partial charge in [-0.3, -0.25) is 9.59 Å². The molecule has 4 nitrogen and oxygen atoms in total. The summed E-state index contributed by atoms with van der Waals surface area (Å²) in [5, 5.41) is 0. The largest absolute Gasteiger partial charge is 0.475 e. The van der Waals surface area contributed by atoms with E-state index in [-0.39, 0.29) is 11.7 Å². The minimum atomic E-state index is -0.833. The number of benzene rings is 1. The number of nitrogens with zero attached hydrogens (tertiary/aromatic N) is 1. The number of fused-ring (bicyclic) bond motifs is 1. The lowest BCUT2D eigenvalue weighted by atomic mass is 9.92. The third-order valence-electron chi connectivity index (χ3n) is 4.17. The Morgan fingerprint density at radius 2 is 1.91 bits per heavy atom. The predicted octanol–water partition coefficient (Wildman–Crippen LogP) is 3.75. The normalized spacial score (nSPS) is 16.0. The maximum atomic E-state index is 13.0. The summed E-state index contributed by atoms with van der Waals surface area (Å²) in [5.41, 5.74) is 1.27. The minimum absolute atomic E-state index is 0.0339. The van der Waals surface area contributed by atoms with E-state index in [1.165, 1.54) is 6.92 Å². The molecule has 1 aliphatic rings. The van der Waals surface area contributed by atoms with Gasteiger partial charge < -0.3 is 9.64 Å². The molecule has 1 heterocycles. The fourth-order valence-electron chi connectivity index (χ4n) is 2.77. The van der Waals surface area contributed by atoms with Crippen molar-refractivity contribution >= 4 is 17.4 Å². The summed E-state index contributed by atoms with van der Waals surface area (Å²) in [6.45, 7) is 11.6. The first-order valence-corrected chi connectivity index (χ1v) is 7.65. The first-order valence-electron chi connectivity index (χ1n) is 7.65. The van der Waals surface area contributed by atoms with E-state index in [9.17, 15) is 9.59 Å². The molecule has 0 N–H and O–H groups in total. The molecule has 2 rings (SSSR count). The van der Waals surface area contributed by atoms with E-state index in [4.69, 9.17) is 4.74 Å². The molecule has 0 aliphatic carbocycles. The maximum absolute atomic E-state index is 13.0. The van der Waals surface area contributed by atoms with Gasteiger partial charge in [-0.15, -0.1) is 0 Å². The van der Waals surface area contributed by atoms with Gasteiger partial charge in [0.05, 0.1) is 5.69 Å². The SMILES string of the molecule is C=C(C)CN1C(=O)C(CC)(CC)Oc2ccc(C(C)=O)cc21. The second-order valence-corrected chi connectivity index (χ2v) is 5.89. The second-order valence-electron chi connectivity index (χ2n) is 5.89. The quantitative estimate of drug-likeness (QED) is 0.614. The van der Waals surface area contributed by atoms with Crippen molar-refractivity contribution < 1.29 is 14.3 Å². The van der Waals surface area contributed by atoms with Gasteiger partial charge in [0.2, 0.25) is 0 Å². The standard InChI is InChI=1S/C18H23NO3/c1-6-18(7-2)17(21)19(11-12(3)4)15-10-14(13(5)20)8-9-16(15)22-18/h8-10H,3,6-7,11H2,1-2,4-5H3. The average molecular weight is 301 g/mol. The van der Waals surface area contributed by atoms with Gasteiger partial charge in [0.25, 0.3) is 5.91 Å². The van der Waals surface area contributed by atoms with Crippen LogP contribution in [0.3, 0.4) is 0 Å². The third kappa shape index (κ3) is 2.65. The summed E-state index contributed by atoms with van der Waals surface area (Å²) in [7, 11) is 0. The van der Waals surface area contributed by atoms with E-state index in [1.54, 1.807) is 23.1 Å². The zero-order valence-corrected chi connectivity index (χ0v) is 13.7. The number of rotatable bonds is 5. The molecule has 0 bridgehead atoms. The first-order chi connectivity index (χ1) is 10.3. The van der Waals surface area contributed by atoms with Gasteiger partial charge in [0.15, 0.2) is 11.4 Å². The van der Waals surface area contributed by atoms with E-state index < -0.39 is 5.60 Å². The fourth-order valence-corrected chi connectivity index (χ4v) is 2.77. The van der Waals surface area contributed by atoms with Gasteiger partial charge in [-0.25, -0.2) is 0 Å². The Bertz CT molecular complexity index is 629. The Kier molecular flexibility index (Phi) is 4.40. The van der Waals surface area contributed by atoms with Crippen molar-refractivity contribution in [3.8, 4) is 5.75 Å².